The van der Waals surface area contributed by atoms with Crippen molar-refractivity contribution in [3.05, 3.63) is 82.1 Å². The maximum absolute atomic E-state index is 12.9. The predicted molar refractivity (Wildman–Crippen MR) is 139 cm³/mol. The van der Waals surface area contributed by atoms with E-state index in [9.17, 15) is 18.8 Å². The molecule has 3 aromatic rings. The van der Waals surface area contributed by atoms with Crippen molar-refractivity contribution in [1.82, 2.24) is 5.43 Å². The lowest BCUT2D eigenvalue weighted by molar-refractivity contribution is -0.136. The molecule has 0 heterocycles. The molecular formula is C25H21Cl2FN4O5. The second kappa shape index (κ2) is 13.2. The summed E-state index contributed by atoms with van der Waals surface area (Å²) in [5.41, 5.74) is 3.31. The van der Waals surface area contributed by atoms with Gasteiger partial charge >= 0.3 is 11.8 Å². The molecule has 9 nitrogen and oxygen atoms in total. The lowest BCUT2D eigenvalue weighted by atomic mass is 10.2. The van der Waals surface area contributed by atoms with Crippen LogP contribution in [0.1, 0.15) is 12.5 Å². The van der Waals surface area contributed by atoms with Gasteiger partial charge in [0.1, 0.15) is 5.82 Å². The quantitative estimate of drug-likeness (QED) is 0.205. The number of carbonyl (C=O) groups excluding carboxylic acids is 3. The molecule has 0 saturated heterocycles. The van der Waals surface area contributed by atoms with Crippen LogP contribution in [-0.4, -0.2) is 37.1 Å². The van der Waals surface area contributed by atoms with Crippen molar-refractivity contribution in [3.63, 3.8) is 0 Å². The van der Waals surface area contributed by atoms with Crippen LogP contribution >= 0.6 is 23.2 Å². The van der Waals surface area contributed by atoms with Gasteiger partial charge in [0.05, 0.1) is 12.8 Å². The van der Waals surface area contributed by atoms with Gasteiger partial charge in [-0.3, -0.25) is 14.4 Å². The summed E-state index contributed by atoms with van der Waals surface area (Å²) in [6.07, 6.45) is 1.30. The van der Waals surface area contributed by atoms with Gasteiger partial charge in [0.15, 0.2) is 18.1 Å². The van der Waals surface area contributed by atoms with Crippen LogP contribution in [-0.2, 0) is 14.4 Å². The Balaban J connectivity index is 1.56. The third-order valence-electron chi connectivity index (χ3n) is 4.46. The molecule has 3 N–H and O–H groups in total. The normalized spacial score (nSPS) is 10.6. The molecule has 0 aliphatic rings. The summed E-state index contributed by atoms with van der Waals surface area (Å²) in [4.78, 5) is 36.1. The molecule has 37 heavy (non-hydrogen) atoms. The summed E-state index contributed by atoms with van der Waals surface area (Å²) >= 11 is 11.9. The zero-order chi connectivity index (χ0) is 26.8. The molecule has 3 aromatic carbocycles. The lowest BCUT2D eigenvalue weighted by Gasteiger charge is -2.13. The molecule has 12 heteroatoms. The van der Waals surface area contributed by atoms with Gasteiger partial charge in [-0.05, 0) is 73.2 Å². The van der Waals surface area contributed by atoms with Crippen LogP contribution in [0, 0.1) is 5.82 Å². The first-order chi connectivity index (χ1) is 17.7. The van der Waals surface area contributed by atoms with Gasteiger partial charge in [-0.15, -0.1) is 0 Å². The van der Waals surface area contributed by atoms with E-state index in [1.54, 1.807) is 43.3 Å². The Hall–Kier alpha value is -4.15. The molecule has 192 valence electrons. The Kier molecular flexibility index (Phi) is 9.82. The molecule has 0 spiro atoms. The summed E-state index contributed by atoms with van der Waals surface area (Å²) in [5, 5.41) is 9.47. The van der Waals surface area contributed by atoms with E-state index >= 15 is 0 Å². The van der Waals surface area contributed by atoms with Crippen molar-refractivity contribution in [2.24, 2.45) is 5.10 Å². The first-order valence-corrected chi connectivity index (χ1v) is 11.5. The van der Waals surface area contributed by atoms with E-state index in [-0.39, 0.29) is 12.3 Å². The Morgan fingerprint density at radius 3 is 2.24 bits per heavy atom. The molecule has 3 amide bonds. The van der Waals surface area contributed by atoms with E-state index in [1.165, 1.54) is 18.3 Å². The van der Waals surface area contributed by atoms with Crippen LogP contribution in [0.2, 0.25) is 10.0 Å². The highest BCUT2D eigenvalue weighted by molar-refractivity contribution is 6.39. The van der Waals surface area contributed by atoms with Gasteiger partial charge in [0.2, 0.25) is 0 Å². The average Bonchev–Trinajstić information content (AvgIpc) is 2.84. The van der Waals surface area contributed by atoms with Gasteiger partial charge in [0, 0.05) is 21.4 Å². The predicted octanol–water partition coefficient (Wildman–Crippen LogP) is 4.64. The van der Waals surface area contributed by atoms with Gasteiger partial charge in [-0.25, -0.2) is 9.82 Å². The number of anilines is 2. The molecular weight excluding hydrogens is 526 g/mol. The Morgan fingerprint density at radius 1 is 0.865 bits per heavy atom. The minimum atomic E-state index is -1.02. The summed E-state index contributed by atoms with van der Waals surface area (Å²) < 4.78 is 24.1. The summed E-state index contributed by atoms with van der Waals surface area (Å²) in [5.74, 6) is -2.25. The monoisotopic (exact) mass is 546 g/mol. The van der Waals surface area contributed by atoms with Gasteiger partial charge < -0.3 is 20.1 Å². The number of amides is 3. The van der Waals surface area contributed by atoms with Crippen molar-refractivity contribution >= 4 is 58.5 Å². The van der Waals surface area contributed by atoms with Gasteiger partial charge in [0.25, 0.3) is 5.91 Å². The fraction of sp³-hybridized carbons (Fsp3) is 0.120. The minimum absolute atomic E-state index is 0.257. The largest absolute Gasteiger partial charge is 0.490 e. The Morgan fingerprint density at radius 2 is 1.57 bits per heavy atom. The molecule has 0 aliphatic carbocycles. The van der Waals surface area contributed by atoms with E-state index in [4.69, 9.17) is 32.7 Å². The molecule has 0 saturated carbocycles. The van der Waals surface area contributed by atoms with Gasteiger partial charge in [-0.1, -0.05) is 23.2 Å². The fourth-order valence-corrected chi connectivity index (χ4v) is 3.42. The number of rotatable bonds is 9. The molecule has 0 radical (unpaired) electrons. The number of hydrogen-bond donors (Lipinski definition) is 3. The average molecular weight is 547 g/mol. The highest BCUT2D eigenvalue weighted by Crippen LogP contribution is 2.28. The Labute approximate surface area is 221 Å². The van der Waals surface area contributed by atoms with Crippen LogP contribution in [0.4, 0.5) is 15.8 Å². The first kappa shape index (κ1) is 27.4. The third kappa shape index (κ3) is 8.78. The van der Waals surface area contributed by atoms with Crippen molar-refractivity contribution in [1.29, 1.82) is 0 Å². The summed E-state index contributed by atoms with van der Waals surface area (Å²) in [6.45, 7) is 1.79. The highest BCUT2D eigenvalue weighted by Gasteiger charge is 2.13. The van der Waals surface area contributed by atoms with Crippen molar-refractivity contribution in [3.8, 4) is 11.5 Å². The topological polar surface area (TPSA) is 118 Å². The van der Waals surface area contributed by atoms with E-state index in [0.29, 0.717) is 39.4 Å². The van der Waals surface area contributed by atoms with E-state index in [2.05, 4.69) is 21.2 Å². The maximum Gasteiger partial charge on any atom is 0.329 e. The van der Waals surface area contributed by atoms with Gasteiger partial charge in [-0.2, -0.15) is 5.10 Å². The van der Waals surface area contributed by atoms with E-state index < -0.39 is 23.5 Å². The SMILES string of the molecule is CCOc1cc(/C=N\NC(=O)C(=O)Nc2ccc(F)cc2)ccc1OCC(=O)Nc1cc(Cl)cc(Cl)c1. The number of carbonyl (C=O) groups is 3. The number of nitrogens with zero attached hydrogens (tertiary/aromatic N) is 1. The molecule has 0 aliphatic heterocycles. The summed E-state index contributed by atoms with van der Waals surface area (Å²) in [6, 6.07) is 14.3. The number of hydrogen-bond acceptors (Lipinski definition) is 6. The highest BCUT2D eigenvalue weighted by atomic mass is 35.5. The zero-order valence-corrected chi connectivity index (χ0v) is 20.9. The molecule has 0 bridgehead atoms. The second-order valence-electron chi connectivity index (χ2n) is 7.29. The number of nitrogens with one attached hydrogen (secondary N) is 3. The smallest absolute Gasteiger partial charge is 0.329 e. The van der Waals surface area contributed by atoms with Crippen LogP contribution in [0.3, 0.4) is 0 Å². The number of halogens is 3. The van der Waals surface area contributed by atoms with Crippen LogP contribution in [0.5, 0.6) is 11.5 Å². The number of benzene rings is 3. The Bertz CT molecular complexity index is 1300. The lowest BCUT2D eigenvalue weighted by Crippen LogP contribution is -2.32. The van der Waals surface area contributed by atoms with Crippen LogP contribution in [0.15, 0.2) is 65.8 Å². The standard InChI is InChI=1S/C25H21Cl2FN4O5/c1-2-36-22-9-15(13-29-32-25(35)24(34)31-19-6-4-18(28)5-7-19)3-8-21(22)37-14-23(33)30-20-11-16(26)10-17(27)12-20/h3-13H,2,14H2,1H3,(H,30,33)(H,31,34)(H,32,35)/b29-13-. The zero-order valence-electron chi connectivity index (χ0n) is 19.4. The van der Waals surface area contributed by atoms with Crippen molar-refractivity contribution in [2.45, 2.75) is 6.92 Å². The second-order valence-corrected chi connectivity index (χ2v) is 8.17. The van der Waals surface area contributed by atoms with E-state index in [1.807, 2.05) is 0 Å². The minimum Gasteiger partial charge on any atom is -0.490 e. The van der Waals surface area contributed by atoms with E-state index in [0.717, 1.165) is 12.1 Å². The molecule has 3 rings (SSSR count). The summed E-state index contributed by atoms with van der Waals surface area (Å²) in [7, 11) is 0. The number of ether oxygens (including phenoxy) is 2. The third-order valence-corrected chi connectivity index (χ3v) is 4.90. The van der Waals surface area contributed by atoms with Crippen LogP contribution < -0.4 is 25.5 Å². The molecule has 0 fully saturated rings. The molecule has 0 unspecified atom stereocenters. The molecule has 0 atom stereocenters. The number of hydrazone groups is 1. The van der Waals surface area contributed by atoms with Crippen LogP contribution in [0.25, 0.3) is 0 Å². The van der Waals surface area contributed by atoms with Crippen molar-refractivity contribution < 1.29 is 28.2 Å². The molecule has 0 aromatic heterocycles. The fourth-order valence-electron chi connectivity index (χ4n) is 2.90. The van der Waals surface area contributed by atoms with Crippen molar-refractivity contribution in [2.75, 3.05) is 23.8 Å². The first-order valence-electron chi connectivity index (χ1n) is 10.8. The maximum atomic E-state index is 12.9.